The van der Waals surface area contributed by atoms with E-state index in [0.717, 1.165) is 5.56 Å². The number of benzene rings is 2. The van der Waals surface area contributed by atoms with Crippen LogP contribution in [0.4, 0.5) is 0 Å². The molecule has 0 spiro atoms. The summed E-state index contributed by atoms with van der Waals surface area (Å²) in [6, 6.07) is 14.5. The molecule has 1 atom stereocenters. The summed E-state index contributed by atoms with van der Waals surface area (Å²) >= 11 is 0. The van der Waals surface area contributed by atoms with E-state index in [2.05, 4.69) is 5.32 Å². The number of aliphatic hydroxyl groups excluding tert-OH is 1. The molecule has 0 fully saturated rings. The van der Waals surface area contributed by atoms with Gasteiger partial charge < -0.3 is 19.9 Å². The van der Waals surface area contributed by atoms with Crippen molar-refractivity contribution < 1.29 is 19.4 Å². The van der Waals surface area contributed by atoms with Crippen LogP contribution >= 0.6 is 0 Å². The van der Waals surface area contributed by atoms with Crippen LogP contribution in [0.15, 0.2) is 48.5 Å². The van der Waals surface area contributed by atoms with E-state index in [1.807, 2.05) is 24.3 Å². The van der Waals surface area contributed by atoms with Gasteiger partial charge in [-0.1, -0.05) is 30.3 Å². The SMILES string of the molecule is COc1cccc([C@@H](O)CNC(=O)Cc2ccccc2OC)c1. The molecule has 0 saturated heterocycles. The lowest BCUT2D eigenvalue weighted by molar-refractivity contribution is -0.120. The van der Waals surface area contributed by atoms with Crippen LogP contribution in [0.5, 0.6) is 11.5 Å². The van der Waals surface area contributed by atoms with Crippen LogP contribution in [-0.4, -0.2) is 31.8 Å². The number of carbonyl (C=O) groups excluding carboxylic acids is 1. The van der Waals surface area contributed by atoms with Crippen LogP contribution < -0.4 is 14.8 Å². The monoisotopic (exact) mass is 315 g/mol. The van der Waals surface area contributed by atoms with Gasteiger partial charge in [-0.15, -0.1) is 0 Å². The molecule has 122 valence electrons. The van der Waals surface area contributed by atoms with Crippen LogP contribution in [0, 0.1) is 0 Å². The number of rotatable bonds is 7. The molecule has 0 radical (unpaired) electrons. The molecule has 2 aromatic rings. The van der Waals surface area contributed by atoms with Crippen molar-refractivity contribution in [1.82, 2.24) is 5.32 Å². The van der Waals surface area contributed by atoms with E-state index in [1.54, 1.807) is 38.5 Å². The molecule has 23 heavy (non-hydrogen) atoms. The maximum Gasteiger partial charge on any atom is 0.224 e. The first-order valence-corrected chi connectivity index (χ1v) is 7.34. The second-order valence-corrected chi connectivity index (χ2v) is 5.09. The lowest BCUT2D eigenvalue weighted by atomic mass is 10.1. The first-order chi connectivity index (χ1) is 11.1. The highest BCUT2D eigenvalue weighted by Crippen LogP contribution is 2.19. The Kier molecular flexibility index (Phi) is 6.00. The minimum absolute atomic E-state index is 0.140. The third kappa shape index (κ3) is 4.72. The molecular formula is C18H21NO4. The number of ether oxygens (including phenoxy) is 2. The Morgan fingerprint density at radius 2 is 1.91 bits per heavy atom. The zero-order valence-electron chi connectivity index (χ0n) is 13.3. The fourth-order valence-electron chi connectivity index (χ4n) is 2.26. The topological polar surface area (TPSA) is 67.8 Å². The van der Waals surface area contributed by atoms with Gasteiger partial charge >= 0.3 is 0 Å². The average Bonchev–Trinajstić information content (AvgIpc) is 2.60. The third-order valence-electron chi connectivity index (χ3n) is 3.51. The minimum Gasteiger partial charge on any atom is -0.497 e. The Morgan fingerprint density at radius 1 is 1.13 bits per heavy atom. The Morgan fingerprint density at radius 3 is 2.65 bits per heavy atom. The molecule has 0 aliphatic heterocycles. The fraction of sp³-hybridized carbons (Fsp3) is 0.278. The van der Waals surface area contributed by atoms with Crippen molar-refractivity contribution in [2.24, 2.45) is 0 Å². The third-order valence-corrected chi connectivity index (χ3v) is 3.51. The van der Waals surface area contributed by atoms with Gasteiger partial charge in [0.05, 0.1) is 26.7 Å². The zero-order valence-corrected chi connectivity index (χ0v) is 13.3. The summed E-state index contributed by atoms with van der Waals surface area (Å²) in [5.74, 6) is 1.18. The van der Waals surface area contributed by atoms with Crippen molar-refractivity contribution >= 4 is 5.91 Å². The van der Waals surface area contributed by atoms with Gasteiger partial charge in [0.1, 0.15) is 11.5 Å². The van der Waals surface area contributed by atoms with E-state index in [4.69, 9.17) is 9.47 Å². The first-order valence-electron chi connectivity index (χ1n) is 7.34. The molecule has 2 aromatic carbocycles. The van der Waals surface area contributed by atoms with Gasteiger partial charge in [0.2, 0.25) is 5.91 Å². The summed E-state index contributed by atoms with van der Waals surface area (Å²) in [6.45, 7) is 0.140. The average molecular weight is 315 g/mol. The van der Waals surface area contributed by atoms with Crippen molar-refractivity contribution in [2.75, 3.05) is 20.8 Å². The normalized spacial score (nSPS) is 11.6. The zero-order chi connectivity index (χ0) is 16.7. The summed E-state index contributed by atoms with van der Waals surface area (Å²) in [7, 11) is 3.14. The van der Waals surface area contributed by atoms with E-state index in [-0.39, 0.29) is 18.9 Å². The molecule has 1 amide bonds. The summed E-state index contributed by atoms with van der Waals surface area (Å²) in [5, 5.41) is 12.9. The van der Waals surface area contributed by atoms with E-state index < -0.39 is 6.10 Å². The quantitative estimate of drug-likeness (QED) is 0.821. The van der Waals surface area contributed by atoms with E-state index >= 15 is 0 Å². The minimum atomic E-state index is -0.785. The van der Waals surface area contributed by atoms with Crippen molar-refractivity contribution in [3.63, 3.8) is 0 Å². The second-order valence-electron chi connectivity index (χ2n) is 5.09. The molecule has 0 saturated carbocycles. The number of para-hydroxylation sites is 1. The van der Waals surface area contributed by atoms with Crippen molar-refractivity contribution in [3.05, 3.63) is 59.7 Å². The van der Waals surface area contributed by atoms with Crippen LogP contribution in [0.2, 0.25) is 0 Å². The second kappa shape index (κ2) is 8.19. The molecule has 5 nitrogen and oxygen atoms in total. The molecule has 2 N–H and O–H groups in total. The summed E-state index contributed by atoms with van der Waals surface area (Å²) in [4.78, 5) is 12.0. The maximum atomic E-state index is 12.0. The summed E-state index contributed by atoms with van der Waals surface area (Å²) < 4.78 is 10.3. The predicted octanol–water partition coefficient (Wildman–Crippen LogP) is 2.10. The maximum absolute atomic E-state index is 12.0. The van der Waals surface area contributed by atoms with E-state index in [0.29, 0.717) is 17.1 Å². The van der Waals surface area contributed by atoms with Gasteiger partial charge in [-0.2, -0.15) is 0 Å². The van der Waals surface area contributed by atoms with Crippen molar-refractivity contribution in [1.29, 1.82) is 0 Å². The van der Waals surface area contributed by atoms with E-state index in [9.17, 15) is 9.90 Å². The number of methoxy groups -OCH3 is 2. The van der Waals surface area contributed by atoms with Crippen LogP contribution in [0.25, 0.3) is 0 Å². The number of aliphatic hydroxyl groups is 1. The van der Waals surface area contributed by atoms with Crippen LogP contribution in [0.3, 0.4) is 0 Å². The lowest BCUT2D eigenvalue weighted by Gasteiger charge is -2.14. The first kappa shape index (κ1) is 16.8. The Bertz CT molecular complexity index is 657. The van der Waals surface area contributed by atoms with Gasteiger partial charge in [0.25, 0.3) is 0 Å². The van der Waals surface area contributed by atoms with Gasteiger partial charge in [-0.25, -0.2) is 0 Å². The van der Waals surface area contributed by atoms with Crippen molar-refractivity contribution in [3.8, 4) is 11.5 Å². The van der Waals surface area contributed by atoms with Gasteiger partial charge in [-0.3, -0.25) is 4.79 Å². The lowest BCUT2D eigenvalue weighted by Crippen LogP contribution is -2.29. The Balaban J connectivity index is 1.90. The fourth-order valence-corrected chi connectivity index (χ4v) is 2.26. The highest BCUT2D eigenvalue weighted by atomic mass is 16.5. The number of amides is 1. The summed E-state index contributed by atoms with van der Waals surface area (Å²) in [5.41, 5.74) is 1.50. The number of hydrogen-bond donors (Lipinski definition) is 2. The largest absolute Gasteiger partial charge is 0.497 e. The molecular weight excluding hydrogens is 294 g/mol. The highest BCUT2D eigenvalue weighted by Gasteiger charge is 2.12. The van der Waals surface area contributed by atoms with Crippen LogP contribution in [0.1, 0.15) is 17.2 Å². The van der Waals surface area contributed by atoms with Gasteiger partial charge in [0.15, 0.2) is 0 Å². The Labute approximate surface area is 135 Å². The number of carbonyl (C=O) groups is 1. The van der Waals surface area contributed by atoms with Crippen molar-refractivity contribution in [2.45, 2.75) is 12.5 Å². The van der Waals surface area contributed by atoms with Crippen LogP contribution in [-0.2, 0) is 11.2 Å². The molecule has 2 rings (SSSR count). The van der Waals surface area contributed by atoms with E-state index in [1.165, 1.54) is 0 Å². The highest BCUT2D eigenvalue weighted by molar-refractivity contribution is 5.79. The molecule has 0 bridgehead atoms. The molecule has 0 heterocycles. The summed E-state index contributed by atoms with van der Waals surface area (Å²) in [6.07, 6.45) is -0.582. The molecule has 0 aliphatic carbocycles. The molecule has 0 unspecified atom stereocenters. The number of nitrogens with one attached hydrogen (secondary N) is 1. The predicted molar refractivity (Wildman–Crippen MR) is 87.7 cm³/mol. The standard InChI is InChI=1S/C18H21NO4/c1-22-15-8-5-7-13(10-15)16(20)12-19-18(21)11-14-6-3-4-9-17(14)23-2/h3-10,16,20H,11-12H2,1-2H3,(H,19,21)/t16-/m0/s1. The van der Waals surface area contributed by atoms with Gasteiger partial charge in [-0.05, 0) is 23.8 Å². The molecule has 0 aromatic heterocycles. The smallest absolute Gasteiger partial charge is 0.224 e. The van der Waals surface area contributed by atoms with Gasteiger partial charge in [0, 0.05) is 12.1 Å². The Hall–Kier alpha value is -2.53. The number of hydrogen-bond acceptors (Lipinski definition) is 4. The molecule has 0 aliphatic rings. The molecule has 5 heteroatoms.